The summed E-state index contributed by atoms with van der Waals surface area (Å²) in [6.07, 6.45) is 2.78. The smallest absolute Gasteiger partial charge is 0.345 e. The van der Waals surface area contributed by atoms with E-state index in [-0.39, 0.29) is 17.5 Å². The topological polar surface area (TPSA) is 100 Å². The summed E-state index contributed by atoms with van der Waals surface area (Å²) >= 11 is 0. The summed E-state index contributed by atoms with van der Waals surface area (Å²) in [5.74, 6) is 1.98. The van der Waals surface area contributed by atoms with Gasteiger partial charge in [0.15, 0.2) is 0 Å². The van der Waals surface area contributed by atoms with Gasteiger partial charge in [-0.3, -0.25) is 9.36 Å². The first-order valence-electron chi connectivity index (χ1n) is 9.25. The number of methoxy groups -OCH3 is 1. The van der Waals surface area contributed by atoms with Crippen molar-refractivity contribution < 1.29 is 14.3 Å². The molecule has 1 amide bonds. The molecule has 29 heavy (non-hydrogen) atoms. The molecule has 4 rings (SSSR count). The molecular formula is C20H21N5O4. The number of nitrogens with one attached hydrogen (secondary N) is 1. The van der Waals surface area contributed by atoms with Gasteiger partial charge in [0.2, 0.25) is 11.8 Å². The third-order valence-electron chi connectivity index (χ3n) is 4.84. The van der Waals surface area contributed by atoms with Gasteiger partial charge in [-0.25, -0.2) is 14.5 Å². The molecule has 0 radical (unpaired) electrons. The van der Waals surface area contributed by atoms with Crippen LogP contribution in [0.15, 0.2) is 47.4 Å². The van der Waals surface area contributed by atoms with Crippen molar-refractivity contribution in [1.82, 2.24) is 19.3 Å². The minimum Gasteiger partial charge on any atom is -0.497 e. The fraction of sp³-hybridized carbons (Fsp3) is 0.300. The number of anilines is 1. The minimum atomic E-state index is -0.294. The van der Waals surface area contributed by atoms with Gasteiger partial charge < -0.3 is 14.8 Å². The van der Waals surface area contributed by atoms with Gasteiger partial charge in [0, 0.05) is 32.1 Å². The average Bonchev–Trinajstić information content (AvgIpc) is 3.03. The molecule has 0 saturated carbocycles. The number of benzene rings is 1. The molecule has 0 aliphatic carbocycles. The largest absolute Gasteiger partial charge is 0.497 e. The van der Waals surface area contributed by atoms with E-state index in [1.54, 1.807) is 43.0 Å². The summed E-state index contributed by atoms with van der Waals surface area (Å²) in [6, 6.07) is 10.6. The van der Waals surface area contributed by atoms with Crippen LogP contribution in [-0.2, 0) is 24.8 Å². The number of amides is 1. The standard InChI is InChI=1S/C20H21N5O4/c1-24-20(27)25-12-13(6-8-17(25)23-24)19(26)22-14-7-9-18(21-11-14)29-16-5-3-4-15(10-16)28-2/h3-5,7,9-11,13H,6,8,12H2,1-2H3,(H,22,26). The number of aryl methyl sites for hydroxylation is 2. The second-order valence-electron chi connectivity index (χ2n) is 6.82. The predicted octanol–water partition coefficient (Wildman–Crippen LogP) is 1.98. The Labute approximate surface area is 166 Å². The lowest BCUT2D eigenvalue weighted by Crippen LogP contribution is -2.35. The minimum absolute atomic E-state index is 0.144. The first kappa shape index (κ1) is 18.7. The summed E-state index contributed by atoms with van der Waals surface area (Å²) in [7, 11) is 3.20. The van der Waals surface area contributed by atoms with Crippen LogP contribution < -0.4 is 20.5 Å². The number of carbonyl (C=O) groups is 1. The Morgan fingerprint density at radius 1 is 1.24 bits per heavy atom. The number of pyridine rings is 1. The number of carbonyl (C=O) groups excluding carboxylic acids is 1. The van der Waals surface area contributed by atoms with Crippen LogP contribution >= 0.6 is 0 Å². The van der Waals surface area contributed by atoms with Crippen molar-refractivity contribution in [3.8, 4) is 17.4 Å². The SMILES string of the molecule is COc1cccc(Oc2ccc(NC(=O)C3CCc4nn(C)c(=O)n4C3)cn2)c1. The molecule has 0 bridgehead atoms. The van der Waals surface area contributed by atoms with E-state index in [2.05, 4.69) is 15.4 Å². The Kier molecular flexibility index (Phi) is 5.03. The zero-order valence-corrected chi connectivity index (χ0v) is 16.2. The molecule has 1 aliphatic rings. The summed E-state index contributed by atoms with van der Waals surface area (Å²) < 4.78 is 13.7. The highest BCUT2D eigenvalue weighted by molar-refractivity contribution is 5.92. The maximum atomic E-state index is 12.6. The molecule has 1 unspecified atom stereocenters. The first-order valence-corrected chi connectivity index (χ1v) is 9.25. The van der Waals surface area contributed by atoms with Crippen molar-refractivity contribution >= 4 is 11.6 Å². The summed E-state index contributed by atoms with van der Waals surface area (Å²) in [4.78, 5) is 28.9. The first-order chi connectivity index (χ1) is 14.0. The van der Waals surface area contributed by atoms with Crippen molar-refractivity contribution in [2.45, 2.75) is 19.4 Å². The molecule has 1 atom stereocenters. The highest BCUT2D eigenvalue weighted by atomic mass is 16.5. The Balaban J connectivity index is 1.39. The Morgan fingerprint density at radius 3 is 2.83 bits per heavy atom. The summed E-state index contributed by atoms with van der Waals surface area (Å²) in [6.45, 7) is 0.332. The Bertz CT molecular complexity index is 1090. The van der Waals surface area contributed by atoms with E-state index in [1.165, 1.54) is 10.9 Å². The van der Waals surface area contributed by atoms with Gasteiger partial charge in [-0.2, -0.15) is 5.10 Å². The van der Waals surface area contributed by atoms with Gasteiger partial charge in [0.1, 0.15) is 17.3 Å². The van der Waals surface area contributed by atoms with Crippen LogP contribution in [0.2, 0.25) is 0 Å². The molecule has 0 spiro atoms. The number of hydrogen-bond acceptors (Lipinski definition) is 6. The van der Waals surface area contributed by atoms with Crippen molar-refractivity contribution in [3.05, 3.63) is 58.9 Å². The number of nitrogens with zero attached hydrogens (tertiary/aromatic N) is 4. The molecule has 1 N–H and O–H groups in total. The second-order valence-corrected chi connectivity index (χ2v) is 6.82. The van der Waals surface area contributed by atoms with E-state index in [1.807, 2.05) is 12.1 Å². The molecule has 3 heterocycles. The van der Waals surface area contributed by atoms with Crippen molar-refractivity contribution in [2.24, 2.45) is 13.0 Å². The predicted molar refractivity (Wildman–Crippen MR) is 105 cm³/mol. The van der Waals surface area contributed by atoms with E-state index in [0.717, 1.165) is 5.82 Å². The van der Waals surface area contributed by atoms with E-state index >= 15 is 0 Å². The monoisotopic (exact) mass is 395 g/mol. The second kappa shape index (κ2) is 7.78. The molecule has 3 aromatic rings. The normalized spacial score (nSPS) is 15.4. The van der Waals surface area contributed by atoms with E-state index < -0.39 is 0 Å². The van der Waals surface area contributed by atoms with E-state index in [0.29, 0.717) is 42.5 Å². The van der Waals surface area contributed by atoms with Crippen molar-refractivity contribution in [1.29, 1.82) is 0 Å². The fourth-order valence-electron chi connectivity index (χ4n) is 3.30. The zero-order chi connectivity index (χ0) is 20.4. The lowest BCUT2D eigenvalue weighted by atomic mass is 9.98. The van der Waals surface area contributed by atoms with Crippen LogP contribution in [0.25, 0.3) is 0 Å². The maximum Gasteiger partial charge on any atom is 0.345 e. The molecule has 1 aromatic carbocycles. The van der Waals surface area contributed by atoms with Crippen LogP contribution in [0.4, 0.5) is 5.69 Å². The van der Waals surface area contributed by atoms with Gasteiger partial charge in [-0.1, -0.05) is 6.07 Å². The Morgan fingerprint density at radius 2 is 2.07 bits per heavy atom. The van der Waals surface area contributed by atoms with Crippen molar-refractivity contribution in [2.75, 3.05) is 12.4 Å². The molecule has 1 aliphatic heterocycles. The number of ether oxygens (including phenoxy) is 2. The summed E-state index contributed by atoms with van der Waals surface area (Å²) in [5, 5.41) is 7.05. The number of fused-ring (bicyclic) bond motifs is 1. The Hall–Kier alpha value is -3.62. The average molecular weight is 395 g/mol. The lowest BCUT2D eigenvalue weighted by Gasteiger charge is -2.21. The highest BCUT2D eigenvalue weighted by Crippen LogP contribution is 2.25. The van der Waals surface area contributed by atoms with Crippen LogP contribution in [0.5, 0.6) is 17.4 Å². The third-order valence-corrected chi connectivity index (χ3v) is 4.84. The molecule has 0 fully saturated rings. The van der Waals surface area contributed by atoms with Crippen molar-refractivity contribution in [3.63, 3.8) is 0 Å². The van der Waals surface area contributed by atoms with Gasteiger partial charge >= 0.3 is 5.69 Å². The fourth-order valence-corrected chi connectivity index (χ4v) is 3.30. The molecule has 0 saturated heterocycles. The van der Waals surface area contributed by atoms with Crippen LogP contribution in [-0.4, -0.2) is 32.3 Å². The highest BCUT2D eigenvalue weighted by Gasteiger charge is 2.27. The number of hydrogen-bond donors (Lipinski definition) is 1. The van der Waals surface area contributed by atoms with E-state index in [4.69, 9.17) is 9.47 Å². The quantitative estimate of drug-likeness (QED) is 0.709. The zero-order valence-electron chi connectivity index (χ0n) is 16.2. The number of rotatable bonds is 5. The molecule has 150 valence electrons. The van der Waals surface area contributed by atoms with Crippen LogP contribution in [0.3, 0.4) is 0 Å². The van der Waals surface area contributed by atoms with Gasteiger partial charge in [0.25, 0.3) is 0 Å². The maximum absolute atomic E-state index is 12.6. The molecule has 9 heteroatoms. The molecule has 9 nitrogen and oxygen atoms in total. The van der Waals surface area contributed by atoms with Gasteiger partial charge in [0.05, 0.1) is 24.9 Å². The molecule has 2 aromatic heterocycles. The summed E-state index contributed by atoms with van der Waals surface area (Å²) in [5.41, 5.74) is 0.371. The van der Waals surface area contributed by atoms with E-state index in [9.17, 15) is 9.59 Å². The van der Waals surface area contributed by atoms with Gasteiger partial charge in [-0.05, 0) is 24.6 Å². The van der Waals surface area contributed by atoms with Gasteiger partial charge in [-0.15, -0.1) is 0 Å². The number of aromatic nitrogens is 4. The molecular weight excluding hydrogens is 374 g/mol. The van der Waals surface area contributed by atoms with Crippen LogP contribution in [0.1, 0.15) is 12.2 Å². The third kappa shape index (κ3) is 3.98. The van der Waals surface area contributed by atoms with Crippen LogP contribution in [0, 0.1) is 5.92 Å². The lowest BCUT2D eigenvalue weighted by molar-refractivity contribution is -0.120.